The van der Waals surface area contributed by atoms with Crippen LogP contribution in [-0.4, -0.2) is 26.8 Å². The van der Waals surface area contributed by atoms with Crippen molar-refractivity contribution in [1.29, 1.82) is 0 Å². The SMILES string of the molecule is COCCNCC1(CCc2ccsc2)CCCC1. The van der Waals surface area contributed by atoms with Crippen LogP contribution < -0.4 is 5.32 Å². The highest BCUT2D eigenvalue weighted by Crippen LogP contribution is 2.41. The number of ether oxygens (including phenoxy) is 1. The number of hydrogen-bond donors (Lipinski definition) is 1. The first kappa shape index (κ1) is 14.0. The molecule has 0 aromatic carbocycles. The normalized spacial score (nSPS) is 18.3. The van der Waals surface area contributed by atoms with E-state index >= 15 is 0 Å². The largest absolute Gasteiger partial charge is 0.383 e. The third kappa shape index (κ3) is 4.08. The molecule has 1 fully saturated rings. The predicted molar refractivity (Wildman–Crippen MR) is 78.3 cm³/mol. The first-order chi connectivity index (χ1) is 8.85. The van der Waals surface area contributed by atoms with E-state index in [0.29, 0.717) is 5.41 Å². The van der Waals surface area contributed by atoms with Crippen molar-refractivity contribution in [2.75, 3.05) is 26.8 Å². The van der Waals surface area contributed by atoms with Gasteiger partial charge in [-0.2, -0.15) is 11.3 Å². The van der Waals surface area contributed by atoms with E-state index in [9.17, 15) is 0 Å². The lowest BCUT2D eigenvalue weighted by atomic mass is 9.80. The number of nitrogens with one attached hydrogen (secondary N) is 1. The van der Waals surface area contributed by atoms with Gasteiger partial charge in [0.15, 0.2) is 0 Å². The van der Waals surface area contributed by atoms with Gasteiger partial charge >= 0.3 is 0 Å². The van der Waals surface area contributed by atoms with Crippen molar-refractivity contribution >= 4 is 11.3 Å². The summed E-state index contributed by atoms with van der Waals surface area (Å²) in [6, 6.07) is 2.27. The van der Waals surface area contributed by atoms with Crippen LogP contribution in [0, 0.1) is 5.41 Å². The van der Waals surface area contributed by atoms with Crippen molar-refractivity contribution in [3.05, 3.63) is 22.4 Å². The van der Waals surface area contributed by atoms with E-state index < -0.39 is 0 Å². The summed E-state index contributed by atoms with van der Waals surface area (Å²) in [6.07, 6.45) is 8.21. The van der Waals surface area contributed by atoms with Gasteiger partial charge in [-0.3, -0.25) is 0 Å². The average Bonchev–Trinajstić information content (AvgIpc) is 3.04. The lowest BCUT2D eigenvalue weighted by molar-refractivity contribution is 0.187. The number of methoxy groups -OCH3 is 1. The van der Waals surface area contributed by atoms with Crippen molar-refractivity contribution in [3.8, 4) is 0 Å². The summed E-state index contributed by atoms with van der Waals surface area (Å²) in [5, 5.41) is 8.06. The van der Waals surface area contributed by atoms with Crippen LogP contribution in [0.4, 0.5) is 0 Å². The summed E-state index contributed by atoms with van der Waals surface area (Å²) in [7, 11) is 1.77. The number of rotatable bonds is 8. The summed E-state index contributed by atoms with van der Waals surface area (Å²) < 4.78 is 5.10. The Bertz CT molecular complexity index is 317. The standard InChI is InChI=1S/C15H25NOS/c1-17-10-9-16-13-15(6-2-3-7-15)8-4-14-5-11-18-12-14/h5,11-12,16H,2-4,6-10,13H2,1H3. The summed E-state index contributed by atoms with van der Waals surface area (Å²) in [6.45, 7) is 2.97. The Balaban J connectivity index is 1.78. The molecular formula is C15H25NOS. The molecule has 1 N–H and O–H groups in total. The number of hydrogen-bond acceptors (Lipinski definition) is 3. The monoisotopic (exact) mass is 267 g/mol. The summed E-state index contributed by atoms with van der Waals surface area (Å²) >= 11 is 1.81. The Morgan fingerprint density at radius 1 is 1.39 bits per heavy atom. The molecule has 1 heterocycles. The third-order valence-corrected chi connectivity index (χ3v) is 4.90. The fourth-order valence-corrected chi connectivity index (χ4v) is 3.72. The van der Waals surface area contributed by atoms with Crippen LogP contribution in [0.15, 0.2) is 16.8 Å². The van der Waals surface area contributed by atoms with Gasteiger partial charge in [-0.25, -0.2) is 0 Å². The first-order valence-corrected chi connectivity index (χ1v) is 8.00. The molecule has 0 atom stereocenters. The van der Waals surface area contributed by atoms with Gasteiger partial charge in [0, 0.05) is 20.2 Å². The maximum absolute atomic E-state index is 5.10. The van der Waals surface area contributed by atoms with Gasteiger partial charge in [0.25, 0.3) is 0 Å². The Hall–Kier alpha value is -0.380. The van der Waals surface area contributed by atoms with Crippen LogP contribution in [0.5, 0.6) is 0 Å². The molecule has 0 bridgehead atoms. The molecule has 1 aliphatic rings. The van der Waals surface area contributed by atoms with Gasteiger partial charge in [0.05, 0.1) is 6.61 Å². The highest BCUT2D eigenvalue weighted by Gasteiger charge is 2.32. The molecule has 1 aromatic heterocycles. The average molecular weight is 267 g/mol. The van der Waals surface area contributed by atoms with E-state index in [0.717, 1.165) is 13.2 Å². The molecule has 1 aliphatic carbocycles. The zero-order valence-corrected chi connectivity index (χ0v) is 12.2. The second-order valence-corrected chi connectivity index (χ2v) is 6.29. The van der Waals surface area contributed by atoms with Crippen LogP contribution in [0.25, 0.3) is 0 Å². The molecule has 0 amide bonds. The zero-order valence-electron chi connectivity index (χ0n) is 11.4. The van der Waals surface area contributed by atoms with Crippen LogP contribution in [0.2, 0.25) is 0 Å². The smallest absolute Gasteiger partial charge is 0.0587 e. The zero-order chi connectivity index (χ0) is 12.7. The molecule has 0 aliphatic heterocycles. The van der Waals surface area contributed by atoms with Gasteiger partial charge < -0.3 is 10.1 Å². The van der Waals surface area contributed by atoms with Crippen LogP contribution >= 0.6 is 11.3 Å². The van der Waals surface area contributed by atoms with E-state index in [1.54, 1.807) is 7.11 Å². The number of aryl methyl sites for hydroxylation is 1. The summed E-state index contributed by atoms with van der Waals surface area (Å²) in [5.41, 5.74) is 2.07. The molecule has 0 spiro atoms. The molecule has 2 rings (SSSR count). The van der Waals surface area contributed by atoms with E-state index in [4.69, 9.17) is 4.74 Å². The molecule has 0 unspecified atom stereocenters. The van der Waals surface area contributed by atoms with Crippen LogP contribution in [-0.2, 0) is 11.2 Å². The van der Waals surface area contributed by atoms with Crippen molar-refractivity contribution in [2.24, 2.45) is 5.41 Å². The molecule has 3 heteroatoms. The van der Waals surface area contributed by atoms with E-state index in [-0.39, 0.29) is 0 Å². The Labute approximate surface area is 115 Å². The maximum atomic E-state index is 5.10. The van der Waals surface area contributed by atoms with Gasteiger partial charge in [0.2, 0.25) is 0 Å². The van der Waals surface area contributed by atoms with Crippen molar-refractivity contribution in [1.82, 2.24) is 5.32 Å². The summed E-state index contributed by atoms with van der Waals surface area (Å²) in [5.74, 6) is 0. The molecule has 1 saturated carbocycles. The number of thiophene rings is 1. The van der Waals surface area contributed by atoms with Crippen LogP contribution in [0.1, 0.15) is 37.7 Å². The second-order valence-electron chi connectivity index (χ2n) is 5.51. The molecule has 1 aromatic rings. The molecule has 18 heavy (non-hydrogen) atoms. The molecule has 0 saturated heterocycles. The molecule has 2 nitrogen and oxygen atoms in total. The highest BCUT2D eigenvalue weighted by molar-refractivity contribution is 7.07. The maximum Gasteiger partial charge on any atom is 0.0587 e. The van der Waals surface area contributed by atoms with Crippen molar-refractivity contribution < 1.29 is 4.74 Å². The van der Waals surface area contributed by atoms with Gasteiger partial charge in [-0.1, -0.05) is 12.8 Å². The first-order valence-electron chi connectivity index (χ1n) is 7.05. The summed E-state index contributed by atoms with van der Waals surface area (Å²) in [4.78, 5) is 0. The minimum Gasteiger partial charge on any atom is -0.383 e. The topological polar surface area (TPSA) is 21.3 Å². The van der Waals surface area contributed by atoms with Gasteiger partial charge in [0.1, 0.15) is 0 Å². The Morgan fingerprint density at radius 3 is 2.89 bits per heavy atom. The minimum atomic E-state index is 0.551. The van der Waals surface area contributed by atoms with Gasteiger partial charge in [-0.15, -0.1) is 0 Å². The highest BCUT2D eigenvalue weighted by atomic mass is 32.1. The Morgan fingerprint density at radius 2 is 2.22 bits per heavy atom. The van der Waals surface area contributed by atoms with E-state index in [1.165, 1.54) is 50.6 Å². The van der Waals surface area contributed by atoms with E-state index in [1.807, 2.05) is 11.3 Å². The second kappa shape index (κ2) is 7.27. The van der Waals surface area contributed by atoms with E-state index in [2.05, 4.69) is 22.1 Å². The van der Waals surface area contributed by atoms with Crippen molar-refractivity contribution in [2.45, 2.75) is 38.5 Å². The molecular weight excluding hydrogens is 242 g/mol. The van der Waals surface area contributed by atoms with Crippen LogP contribution in [0.3, 0.4) is 0 Å². The minimum absolute atomic E-state index is 0.551. The lowest BCUT2D eigenvalue weighted by Crippen LogP contribution is -2.34. The van der Waals surface area contributed by atoms with Crippen molar-refractivity contribution in [3.63, 3.8) is 0 Å². The fraction of sp³-hybridized carbons (Fsp3) is 0.733. The molecule has 0 radical (unpaired) electrons. The Kier molecular flexibility index (Phi) is 5.67. The predicted octanol–water partition coefficient (Wildman–Crippen LogP) is 3.48. The van der Waals surface area contributed by atoms with Gasteiger partial charge in [-0.05, 0) is 53.5 Å². The fourth-order valence-electron chi connectivity index (χ4n) is 3.01. The quantitative estimate of drug-likeness (QED) is 0.728. The molecule has 102 valence electrons. The lowest BCUT2D eigenvalue weighted by Gasteiger charge is -2.29. The third-order valence-electron chi connectivity index (χ3n) is 4.17.